The van der Waals surface area contributed by atoms with Crippen LogP contribution in [-0.4, -0.2) is 19.6 Å². The van der Waals surface area contributed by atoms with Crippen LogP contribution in [0, 0.1) is 11.7 Å². The van der Waals surface area contributed by atoms with Gasteiger partial charge in [-0.2, -0.15) is 0 Å². The minimum atomic E-state index is -0.438. The number of rotatable bonds is 4. The molecule has 18 heavy (non-hydrogen) atoms. The van der Waals surface area contributed by atoms with Crippen LogP contribution < -0.4 is 16.2 Å². The van der Waals surface area contributed by atoms with E-state index >= 15 is 0 Å². The van der Waals surface area contributed by atoms with Crippen molar-refractivity contribution in [1.29, 1.82) is 0 Å². The summed E-state index contributed by atoms with van der Waals surface area (Å²) in [4.78, 5) is 0. The smallest absolute Gasteiger partial charge is 0.142 e. The summed E-state index contributed by atoms with van der Waals surface area (Å²) in [6.07, 6.45) is 0. The third kappa shape index (κ3) is 2.95. The number of benzene rings is 1. The van der Waals surface area contributed by atoms with Gasteiger partial charge in [0.1, 0.15) is 5.82 Å². The zero-order valence-electron chi connectivity index (χ0n) is 10.1. The van der Waals surface area contributed by atoms with Crippen LogP contribution in [0.4, 0.5) is 4.39 Å². The van der Waals surface area contributed by atoms with Crippen LogP contribution in [-0.2, 0) is 0 Å². The number of halogens is 3. The van der Waals surface area contributed by atoms with Crippen LogP contribution in [0.3, 0.4) is 0 Å². The van der Waals surface area contributed by atoms with Gasteiger partial charge < -0.3 is 5.32 Å². The lowest BCUT2D eigenvalue weighted by molar-refractivity contribution is 0.445. The fourth-order valence-corrected chi connectivity index (χ4v) is 2.66. The van der Waals surface area contributed by atoms with Gasteiger partial charge in [0.25, 0.3) is 0 Å². The zero-order chi connectivity index (χ0) is 13.1. The Hall–Kier alpha value is -0.390. The molecule has 1 aliphatic rings. The average molecular weight is 292 g/mol. The number of hydrazine groups is 1. The molecule has 100 valence electrons. The lowest BCUT2D eigenvalue weighted by atomic mass is 9.94. The highest BCUT2D eigenvalue weighted by atomic mass is 35.5. The SMILES string of the molecule is CCNCC1CNNC1c1cc(F)c(Cl)cc1Cl. The Kier molecular flexibility index (Phi) is 4.81. The van der Waals surface area contributed by atoms with Crippen molar-refractivity contribution in [2.75, 3.05) is 19.6 Å². The van der Waals surface area contributed by atoms with Gasteiger partial charge in [0, 0.05) is 24.0 Å². The predicted molar refractivity (Wildman–Crippen MR) is 72.3 cm³/mol. The molecule has 1 aromatic carbocycles. The second-order valence-corrected chi connectivity index (χ2v) is 5.17. The van der Waals surface area contributed by atoms with Gasteiger partial charge in [0.05, 0.1) is 11.1 Å². The molecule has 1 aliphatic heterocycles. The molecule has 0 aromatic heterocycles. The summed E-state index contributed by atoms with van der Waals surface area (Å²) in [7, 11) is 0. The summed E-state index contributed by atoms with van der Waals surface area (Å²) < 4.78 is 13.5. The zero-order valence-corrected chi connectivity index (χ0v) is 11.6. The Bertz CT molecular complexity index is 428. The molecule has 0 spiro atoms. The minimum absolute atomic E-state index is 0.0108. The third-order valence-corrected chi connectivity index (χ3v) is 3.74. The molecule has 1 aromatic rings. The molecule has 1 saturated heterocycles. The van der Waals surface area contributed by atoms with Crippen molar-refractivity contribution in [3.8, 4) is 0 Å². The van der Waals surface area contributed by atoms with E-state index in [9.17, 15) is 4.39 Å². The maximum Gasteiger partial charge on any atom is 0.142 e. The Morgan fingerprint density at radius 1 is 1.39 bits per heavy atom. The molecule has 1 fully saturated rings. The van der Waals surface area contributed by atoms with Crippen molar-refractivity contribution in [3.63, 3.8) is 0 Å². The number of hydrogen-bond acceptors (Lipinski definition) is 3. The van der Waals surface area contributed by atoms with E-state index in [0.717, 1.165) is 25.2 Å². The molecule has 6 heteroatoms. The highest BCUT2D eigenvalue weighted by Gasteiger charge is 2.29. The highest BCUT2D eigenvalue weighted by Crippen LogP contribution is 2.33. The molecular formula is C12H16Cl2FN3. The van der Waals surface area contributed by atoms with E-state index in [0.29, 0.717) is 10.9 Å². The van der Waals surface area contributed by atoms with Gasteiger partial charge >= 0.3 is 0 Å². The van der Waals surface area contributed by atoms with Crippen molar-refractivity contribution >= 4 is 23.2 Å². The number of nitrogens with one attached hydrogen (secondary N) is 3. The molecular weight excluding hydrogens is 276 g/mol. The van der Waals surface area contributed by atoms with Gasteiger partial charge in [-0.1, -0.05) is 30.1 Å². The van der Waals surface area contributed by atoms with E-state index < -0.39 is 5.82 Å². The van der Waals surface area contributed by atoms with E-state index in [1.54, 1.807) is 0 Å². The monoisotopic (exact) mass is 291 g/mol. The van der Waals surface area contributed by atoms with Crippen LogP contribution in [0.25, 0.3) is 0 Å². The van der Waals surface area contributed by atoms with E-state index in [-0.39, 0.29) is 11.1 Å². The maximum absolute atomic E-state index is 13.5. The van der Waals surface area contributed by atoms with Gasteiger partial charge in [0.15, 0.2) is 0 Å². The fraction of sp³-hybridized carbons (Fsp3) is 0.500. The van der Waals surface area contributed by atoms with Gasteiger partial charge in [0.2, 0.25) is 0 Å². The molecule has 0 bridgehead atoms. The second kappa shape index (κ2) is 6.17. The molecule has 3 nitrogen and oxygen atoms in total. The van der Waals surface area contributed by atoms with Crippen molar-refractivity contribution in [2.45, 2.75) is 13.0 Å². The lowest BCUT2D eigenvalue weighted by Gasteiger charge is -2.20. The average Bonchev–Trinajstić information content (AvgIpc) is 2.79. The van der Waals surface area contributed by atoms with Gasteiger partial charge in [-0.15, -0.1) is 0 Å². The fourth-order valence-electron chi connectivity index (χ4n) is 2.16. The summed E-state index contributed by atoms with van der Waals surface area (Å²) in [5, 5.41) is 3.84. The standard InChI is InChI=1S/C12H16Cl2FN3/c1-2-16-5-7-6-17-18-12(7)8-3-11(15)10(14)4-9(8)13/h3-4,7,12,16-18H,2,5-6H2,1H3. The van der Waals surface area contributed by atoms with Gasteiger partial charge in [-0.3, -0.25) is 5.43 Å². The Morgan fingerprint density at radius 3 is 2.89 bits per heavy atom. The molecule has 2 atom stereocenters. The molecule has 0 amide bonds. The lowest BCUT2D eigenvalue weighted by Crippen LogP contribution is -2.29. The normalized spacial score (nSPS) is 23.6. The Morgan fingerprint density at radius 2 is 2.17 bits per heavy atom. The molecule has 1 heterocycles. The molecule has 2 rings (SSSR count). The molecule has 0 aliphatic carbocycles. The Labute approximate surface area is 116 Å². The molecule has 2 unspecified atom stereocenters. The minimum Gasteiger partial charge on any atom is -0.317 e. The van der Waals surface area contributed by atoms with Crippen LogP contribution in [0.15, 0.2) is 12.1 Å². The first-order valence-electron chi connectivity index (χ1n) is 5.97. The van der Waals surface area contributed by atoms with Gasteiger partial charge in [-0.05, 0) is 24.2 Å². The largest absolute Gasteiger partial charge is 0.317 e. The van der Waals surface area contributed by atoms with E-state index in [2.05, 4.69) is 23.1 Å². The van der Waals surface area contributed by atoms with Crippen molar-refractivity contribution in [3.05, 3.63) is 33.6 Å². The second-order valence-electron chi connectivity index (χ2n) is 4.36. The molecule has 0 radical (unpaired) electrons. The first-order valence-corrected chi connectivity index (χ1v) is 6.72. The van der Waals surface area contributed by atoms with E-state index in [1.807, 2.05) is 0 Å². The summed E-state index contributed by atoms with van der Waals surface area (Å²) in [5.74, 6) is -0.116. The van der Waals surface area contributed by atoms with Gasteiger partial charge in [-0.25, -0.2) is 9.82 Å². The van der Waals surface area contributed by atoms with E-state index in [4.69, 9.17) is 23.2 Å². The summed E-state index contributed by atoms with van der Waals surface area (Å²) in [6, 6.07) is 2.86. The quantitative estimate of drug-likeness (QED) is 0.746. The van der Waals surface area contributed by atoms with Crippen LogP contribution >= 0.6 is 23.2 Å². The van der Waals surface area contributed by atoms with Crippen molar-refractivity contribution < 1.29 is 4.39 Å². The predicted octanol–water partition coefficient (Wildman–Crippen LogP) is 2.51. The first kappa shape index (κ1) is 14.0. The summed E-state index contributed by atoms with van der Waals surface area (Å²) >= 11 is 11.8. The highest BCUT2D eigenvalue weighted by molar-refractivity contribution is 6.35. The Balaban J connectivity index is 2.21. The number of hydrogen-bond donors (Lipinski definition) is 3. The summed E-state index contributed by atoms with van der Waals surface area (Å²) in [5.41, 5.74) is 6.96. The topological polar surface area (TPSA) is 36.1 Å². The molecule has 3 N–H and O–H groups in total. The first-order chi connectivity index (χ1) is 8.63. The maximum atomic E-state index is 13.5. The van der Waals surface area contributed by atoms with Crippen molar-refractivity contribution in [1.82, 2.24) is 16.2 Å². The summed E-state index contributed by atoms with van der Waals surface area (Å²) in [6.45, 7) is 4.63. The van der Waals surface area contributed by atoms with Crippen molar-refractivity contribution in [2.24, 2.45) is 5.92 Å². The van der Waals surface area contributed by atoms with E-state index in [1.165, 1.54) is 12.1 Å². The van der Waals surface area contributed by atoms with Crippen LogP contribution in [0.1, 0.15) is 18.5 Å². The third-order valence-electron chi connectivity index (χ3n) is 3.12. The van der Waals surface area contributed by atoms with Crippen LogP contribution in [0.2, 0.25) is 10.0 Å². The van der Waals surface area contributed by atoms with Crippen LogP contribution in [0.5, 0.6) is 0 Å². The molecule has 0 saturated carbocycles.